The van der Waals surface area contributed by atoms with Crippen LogP contribution in [0.15, 0.2) is 0 Å². The van der Waals surface area contributed by atoms with Gasteiger partial charge in [0.25, 0.3) is 0 Å². The third-order valence-electron chi connectivity index (χ3n) is 0.888. The number of hydrogen-bond donors (Lipinski definition) is 3. The number of aliphatic carboxylic acids is 1. The largest absolute Gasteiger partial charge is 0.480 e. The highest BCUT2D eigenvalue weighted by Crippen LogP contribution is 2.06. The fourth-order valence-corrected chi connectivity index (χ4v) is 1.26. The number of rotatable bonds is 4. The molecule has 0 aliphatic rings. The van der Waals surface area contributed by atoms with Gasteiger partial charge in [-0.1, -0.05) is 10.8 Å². The molecule has 1 atom stereocenters. The topological polar surface area (TPSA) is 49.3 Å². The quantitative estimate of drug-likeness (QED) is 0.414. The Morgan fingerprint density at radius 1 is 2.00 bits per heavy atom. The Hall–Kier alpha value is 0.130. The zero-order valence-corrected chi connectivity index (χ0v) is 6.71. The molecular formula is C4H9NO2S2. The zero-order valence-electron chi connectivity index (χ0n) is 5.00. The first kappa shape index (κ1) is 9.13. The monoisotopic (exact) mass is 167 g/mol. The third kappa shape index (κ3) is 3.66. The predicted molar refractivity (Wildman–Crippen MR) is 41.9 cm³/mol. The predicted octanol–water partition coefficient (Wildman–Crippen LogP) is 0.237. The SMILES string of the molecule is CN[C@@H](CSS)C(=O)O. The Balaban J connectivity index is 3.54. The molecule has 2 N–H and O–H groups in total. The van der Waals surface area contributed by atoms with Gasteiger partial charge in [-0.25, -0.2) is 0 Å². The molecule has 0 spiro atoms. The first-order valence-electron chi connectivity index (χ1n) is 2.38. The van der Waals surface area contributed by atoms with Crippen molar-refractivity contribution in [3.8, 4) is 0 Å². The van der Waals surface area contributed by atoms with Crippen molar-refractivity contribution in [2.45, 2.75) is 6.04 Å². The summed E-state index contributed by atoms with van der Waals surface area (Å²) in [6.07, 6.45) is 0. The van der Waals surface area contributed by atoms with Crippen molar-refractivity contribution in [2.75, 3.05) is 12.8 Å². The van der Waals surface area contributed by atoms with Gasteiger partial charge >= 0.3 is 5.97 Å². The number of thiol groups is 1. The van der Waals surface area contributed by atoms with Crippen molar-refractivity contribution in [3.05, 3.63) is 0 Å². The molecule has 9 heavy (non-hydrogen) atoms. The Labute approximate surface area is 63.0 Å². The van der Waals surface area contributed by atoms with Crippen LogP contribution in [0.1, 0.15) is 0 Å². The van der Waals surface area contributed by atoms with E-state index in [0.717, 1.165) is 0 Å². The van der Waals surface area contributed by atoms with E-state index in [-0.39, 0.29) is 0 Å². The maximum Gasteiger partial charge on any atom is 0.321 e. The van der Waals surface area contributed by atoms with Gasteiger partial charge in [0.15, 0.2) is 0 Å². The van der Waals surface area contributed by atoms with Crippen molar-refractivity contribution < 1.29 is 9.90 Å². The first-order chi connectivity index (χ1) is 4.22. The van der Waals surface area contributed by atoms with Crippen LogP contribution in [0.3, 0.4) is 0 Å². The molecule has 0 amide bonds. The molecule has 0 heterocycles. The molecule has 0 aromatic rings. The van der Waals surface area contributed by atoms with E-state index >= 15 is 0 Å². The molecule has 0 aliphatic carbocycles. The van der Waals surface area contributed by atoms with Gasteiger partial charge in [-0.05, 0) is 7.05 Å². The number of carbonyl (C=O) groups is 1. The van der Waals surface area contributed by atoms with Crippen molar-refractivity contribution in [1.82, 2.24) is 5.32 Å². The highest BCUT2D eigenvalue weighted by atomic mass is 33.1. The standard InChI is InChI=1S/C4H9NO2S2/c1-5-3(2-9-8)4(6)7/h3,5,8H,2H2,1H3,(H,6,7)/t3-/m0/s1. The Bertz CT molecular complexity index is 98.6. The van der Waals surface area contributed by atoms with Crippen LogP contribution in [-0.2, 0) is 4.79 Å². The molecule has 3 nitrogen and oxygen atoms in total. The van der Waals surface area contributed by atoms with E-state index in [1.807, 2.05) is 0 Å². The van der Waals surface area contributed by atoms with E-state index in [1.54, 1.807) is 7.05 Å². The maximum absolute atomic E-state index is 10.2. The number of hydrogen-bond acceptors (Lipinski definition) is 4. The van der Waals surface area contributed by atoms with Crippen LogP contribution in [0, 0.1) is 0 Å². The van der Waals surface area contributed by atoms with Crippen molar-refractivity contribution in [2.24, 2.45) is 0 Å². The molecule has 0 bridgehead atoms. The fourth-order valence-electron chi connectivity index (χ4n) is 0.353. The Morgan fingerprint density at radius 3 is 2.67 bits per heavy atom. The van der Waals surface area contributed by atoms with E-state index in [0.29, 0.717) is 5.75 Å². The molecule has 0 saturated heterocycles. The third-order valence-corrected chi connectivity index (χ3v) is 1.82. The van der Waals surface area contributed by atoms with Crippen LogP contribution in [0.25, 0.3) is 0 Å². The maximum atomic E-state index is 10.2. The molecule has 0 aromatic heterocycles. The number of carboxylic acids is 1. The van der Waals surface area contributed by atoms with Crippen LogP contribution in [0.2, 0.25) is 0 Å². The van der Waals surface area contributed by atoms with Gasteiger partial charge in [0.1, 0.15) is 6.04 Å². The molecule has 0 rings (SSSR count). The second-order valence-electron chi connectivity index (χ2n) is 1.48. The molecule has 0 unspecified atom stereocenters. The van der Waals surface area contributed by atoms with E-state index in [1.165, 1.54) is 10.8 Å². The normalized spacial score (nSPS) is 13.1. The van der Waals surface area contributed by atoms with E-state index in [4.69, 9.17) is 5.11 Å². The lowest BCUT2D eigenvalue weighted by atomic mass is 10.3. The molecule has 54 valence electrons. The van der Waals surface area contributed by atoms with Gasteiger partial charge in [0, 0.05) is 5.75 Å². The highest BCUT2D eigenvalue weighted by molar-refractivity contribution is 8.68. The average molecular weight is 167 g/mol. The minimum absolute atomic E-state index is 0.479. The van der Waals surface area contributed by atoms with E-state index < -0.39 is 12.0 Å². The van der Waals surface area contributed by atoms with E-state index in [2.05, 4.69) is 17.0 Å². The summed E-state index contributed by atoms with van der Waals surface area (Å²) < 4.78 is 0. The Morgan fingerprint density at radius 2 is 2.56 bits per heavy atom. The van der Waals surface area contributed by atoms with E-state index in [9.17, 15) is 4.79 Å². The highest BCUT2D eigenvalue weighted by Gasteiger charge is 2.12. The molecule has 0 aromatic carbocycles. The summed E-state index contributed by atoms with van der Waals surface area (Å²) in [6, 6.07) is -0.479. The second kappa shape index (κ2) is 4.96. The summed E-state index contributed by atoms with van der Waals surface area (Å²) in [5, 5.41) is 11.0. The minimum atomic E-state index is -0.834. The smallest absolute Gasteiger partial charge is 0.321 e. The van der Waals surface area contributed by atoms with Gasteiger partial charge in [0.05, 0.1) is 0 Å². The van der Waals surface area contributed by atoms with Gasteiger partial charge < -0.3 is 10.4 Å². The zero-order chi connectivity index (χ0) is 7.28. The second-order valence-corrected chi connectivity index (χ2v) is 2.84. The summed E-state index contributed by atoms with van der Waals surface area (Å²) in [5.74, 6) is -0.353. The van der Waals surface area contributed by atoms with Crippen LogP contribution in [0.5, 0.6) is 0 Å². The fraction of sp³-hybridized carbons (Fsp3) is 0.750. The molecule has 0 fully saturated rings. The summed E-state index contributed by atoms with van der Waals surface area (Å²) >= 11 is 3.82. The van der Waals surface area contributed by atoms with Gasteiger partial charge in [0.2, 0.25) is 0 Å². The minimum Gasteiger partial charge on any atom is -0.480 e. The lowest BCUT2D eigenvalue weighted by Crippen LogP contribution is -2.35. The summed E-state index contributed by atoms with van der Waals surface area (Å²) in [7, 11) is 2.83. The van der Waals surface area contributed by atoms with Crippen molar-refractivity contribution in [1.29, 1.82) is 0 Å². The summed E-state index contributed by atoms with van der Waals surface area (Å²) in [4.78, 5) is 10.2. The van der Waals surface area contributed by atoms with Gasteiger partial charge in [-0.15, -0.1) is 11.7 Å². The lowest BCUT2D eigenvalue weighted by Gasteiger charge is -2.06. The van der Waals surface area contributed by atoms with Crippen LogP contribution >= 0.6 is 22.5 Å². The molecular weight excluding hydrogens is 158 g/mol. The average Bonchev–Trinajstić information content (AvgIpc) is 1.82. The molecule has 0 aliphatic heterocycles. The van der Waals surface area contributed by atoms with Crippen LogP contribution in [0.4, 0.5) is 0 Å². The van der Waals surface area contributed by atoms with Crippen molar-refractivity contribution >= 4 is 28.4 Å². The number of carboxylic acid groups (broad SMARTS) is 1. The first-order valence-corrected chi connectivity index (χ1v) is 4.42. The summed E-state index contributed by atoms with van der Waals surface area (Å²) in [5.41, 5.74) is 0. The van der Waals surface area contributed by atoms with Crippen molar-refractivity contribution in [3.63, 3.8) is 0 Å². The molecule has 5 heteroatoms. The number of nitrogens with one attached hydrogen (secondary N) is 1. The molecule has 0 saturated carbocycles. The lowest BCUT2D eigenvalue weighted by molar-refractivity contribution is -0.138. The summed E-state index contributed by atoms with van der Waals surface area (Å²) in [6.45, 7) is 0. The van der Waals surface area contributed by atoms with Gasteiger partial charge in [-0.3, -0.25) is 4.79 Å². The van der Waals surface area contributed by atoms with Crippen LogP contribution < -0.4 is 5.32 Å². The number of likely N-dealkylation sites (N-methyl/N-ethyl adjacent to an activating group) is 1. The van der Waals surface area contributed by atoms with Crippen LogP contribution in [-0.4, -0.2) is 29.9 Å². The molecule has 0 radical (unpaired) electrons. The Kier molecular flexibility index (Phi) is 5.03. The van der Waals surface area contributed by atoms with Gasteiger partial charge in [-0.2, -0.15) is 0 Å².